The molecule has 1 aliphatic carbocycles. The summed E-state index contributed by atoms with van der Waals surface area (Å²) in [4.78, 5) is 0. The van der Waals surface area contributed by atoms with Gasteiger partial charge in [-0.1, -0.05) is 109 Å². The molecular weight excluding hydrogens is 522 g/mol. The van der Waals surface area contributed by atoms with E-state index in [4.69, 9.17) is 4.74 Å². The fourth-order valence-corrected chi connectivity index (χ4v) is 7.91. The largest absolute Gasteiger partial charge is 0.457 e. The Kier molecular flexibility index (Phi) is 4.41. The van der Waals surface area contributed by atoms with Crippen LogP contribution in [0.1, 0.15) is 22.3 Å². The van der Waals surface area contributed by atoms with Crippen molar-refractivity contribution < 1.29 is 4.74 Å². The van der Waals surface area contributed by atoms with Crippen LogP contribution in [0.15, 0.2) is 152 Å². The first-order chi connectivity index (χ1) is 21.3. The van der Waals surface area contributed by atoms with Gasteiger partial charge in [0.25, 0.3) is 0 Å². The molecule has 1 spiro atoms. The second-order valence-corrected chi connectivity index (χ2v) is 11.7. The third-order valence-electron chi connectivity index (χ3n) is 9.63. The van der Waals surface area contributed by atoms with Crippen molar-refractivity contribution in [2.24, 2.45) is 0 Å². The van der Waals surface area contributed by atoms with E-state index in [1.165, 1.54) is 71.6 Å². The molecule has 200 valence electrons. The highest BCUT2D eigenvalue weighted by atomic mass is 16.5. The number of ether oxygens (including phenoxy) is 1. The Balaban J connectivity index is 1.39. The fraction of sp³-hybridized carbons (Fsp3) is 0.0244. The minimum Gasteiger partial charge on any atom is -0.457 e. The van der Waals surface area contributed by atoms with Crippen LogP contribution in [-0.4, -0.2) is 4.57 Å². The van der Waals surface area contributed by atoms with Gasteiger partial charge in [-0.15, -0.1) is 0 Å². The summed E-state index contributed by atoms with van der Waals surface area (Å²) in [7, 11) is 0. The molecule has 10 rings (SSSR count). The van der Waals surface area contributed by atoms with Gasteiger partial charge in [0.05, 0.1) is 16.4 Å². The quantitative estimate of drug-likeness (QED) is 0.199. The van der Waals surface area contributed by atoms with Crippen LogP contribution in [0.2, 0.25) is 0 Å². The lowest BCUT2D eigenvalue weighted by molar-refractivity contribution is 0.436. The molecule has 0 bridgehead atoms. The summed E-state index contributed by atoms with van der Waals surface area (Å²) in [5.74, 6) is 1.83. The van der Waals surface area contributed by atoms with Crippen molar-refractivity contribution in [3.05, 3.63) is 174 Å². The highest BCUT2D eigenvalue weighted by Gasteiger charge is 2.51. The Morgan fingerprint density at radius 1 is 0.419 bits per heavy atom. The normalized spacial score (nSPS) is 14.0. The van der Waals surface area contributed by atoms with Crippen molar-refractivity contribution in [2.45, 2.75) is 5.41 Å². The molecule has 2 heteroatoms. The summed E-state index contributed by atoms with van der Waals surface area (Å²) in [5.41, 5.74) is 10.7. The van der Waals surface area contributed by atoms with E-state index in [1.807, 2.05) is 0 Å². The minimum absolute atomic E-state index is 0.490. The van der Waals surface area contributed by atoms with Crippen LogP contribution in [0.5, 0.6) is 11.5 Å². The van der Waals surface area contributed by atoms with Gasteiger partial charge in [0.2, 0.25) is 0 Å². The van der Waals surface area contributed by atoms with Crippen LogP contribution >= 0.6 is 0 Å². The summed E-state index contributed by atoms with van der Waals surface area (Å²) < 4.78 is 9.01. The summed E-state index contributed by atoms with van der Waals surface area (Å²) in [6.45, 7) is 0. The number of rotatable bonds is 1. The minimum atomic E-state index is -0.490. The number of hydrogen-bond acceptors (Lipinski definition) is 1. The van der Waals surface area contributed by atoms with Crippen LogP contribution in [0.4, 0.5) is 0 Å². The average Bonchev–Trinajstić information content (AvgIpc) is 3.54. The van der Waals surface area contributed by atoms with Crippen molar-refractivity contribution >= 4 is 32.6 Å². The first-order valence-electron chi connectivity index (χ1n) is 14.9. The van der Waals surface area contributed by atoms with Gasteiger partial charge in [0.15, 0.2) is 0 Å². The molecule has 0 saturated heterocycles. The number of benzene rings is 7. The van der Waals surface area contributed by atoms with Gasteiger partial charge >= 0.3 is 0 Å². The predicted octanol–water partition coefficient (Wildman–Crippen LogP) is 10.4. The first-order valence-corrected chi connectivity index (χ1v) is 14.9. The van der Waals surface area contributed by atoms with Crippen LogP contribution in [0, 0.1) is 0 Å². The standard InChI is InChI=1S/C41H25NO/c1-2-12-27-23-28(22-21-26(27)11-1)42-37-18-8-4-14-30(37)32-24-31-29-13-3-5-15-33(29)41(36(31)25-38(32)42)34-16-6-9-19-39(34)43-40-20-10-7-17-35(40)41/h1-25H. The second-order valence-electron chi connectivity index (χ2n) is 11.7. The maximum Gasteiger partial charge on any atom is 0.132 e. The molecule has 0 amide bonds. The van der Waals surface area contributed by atoms with E-state index in [-0.39, 0.29) is 0 Å². The lowest BCUT2D eigenvalue weighted by atomic mass is 9.66. The van der Waals surface area contributed by atoms with Gasteiger partial charge in [0.1, 0.15) is 11.5 Å². The molecule has 43 heavy (non-hydrogen) atoms. The lowest BCUT2D eigenvalue weighted by Gasteiger charge is -2.39. The third kappa shape index (κ3) is 2.88. The van der Waals surface area contributed by atoms with E-state index in [0.29, 0.717) is 0 Å². The van der Waals surface area contributed by atoms with Gasteiger partial charge in [-0.3, -0.25) is 0 Å². The molecule has 2 aliphatic rings. The topological polar surface area (TPSA) is 14.2 Å². The third-order valence-corrected chi connectivity index (χ3v) is 9.63. The molecule has 8 aromatic rings. The smallest absolute Gasteiger partial charge is 0.132 e. The summed E-state index contributed by atoms with van der Waals surface area (Å²) in [6.07, 6.45) is 0. The molecule has 0 radical (unpaired) electrons. The molecular formula is C41H25NO. The van der Waals surface area contributed by atoms with Crippen LogP contribution in [0.25, 0.3) is 49.4 Å². The van der Waals surface area contributed by atoms with E-state index in [0.717, 1.165) is 11.5 Å². The number of fused-ring (bicyclic) bond motifs is 13. The van der Waals surface area contributed by atoms with Crippen LogP contribution in [-0.2, 0) is 5.41 Å². The molecule has 2 heterocycles. The highest BCUT2D eigenvalue weighted by molar-refractivity contribution is 6.12. The van der Waals surface area contributed by atoms with E-state index in [2.05, 4.69) is 156 Å². The van der Waals surface area contributed by atoms with Gasteiger partial charge in [0, 0.05) is 27.6 Å². The molecule has 7 aromatic carbocycles. The number of aromatic nitrogens is 1. The Labute approximate surface area is 249 Å². The molecule has 0 fully saturated rings. The molecule has 1 aliphatic heterocycles. The van der Waals surface area contributed by atoms with Crippen molar-refractivity contribution in [2.75, 3.05) is 0 Å². The van der Waals surface area contributed by atoms with Crippen molar-refractivity contribution in [3.8, 4) is 28.3 Å². The summed E-state index contributed by atoms with van der Waals surface area (Å²) in [5, 5.41) is 5.02. The maximum absolute atomic E-state index is 6.56. The zero-order valence-corrected chi connectivity index (χ0v) is 23.3. The van der Waals surface area contributed by atoms with E-state index in [9.17, 15) is 0 Å². The van der Waals surface area contributed by atoms with E-state index >= 15 is 0 Å². The zero-order chi connectivity index (χ0) is 28.1. The maximum atomic E-state index is 6.56. The average molecular weight is 548 g/mol. The van der Waals surface area contributed by atoms with Gasteiger partial charge in [-0.05, 0) is 75.5 Å². The molecule has 1 aromatic heterocycles. The second kappa shape index (κ2) is 8.24. The van der Waals surface area contributed by atoms with Crippen molar-refractivity contribution in [1.29, 1.82) is 0 Å². The Hall–Kier alpha value is -5.60. The monoisotopic (exact) mass is 547 g/mol. The lowest BCUT2D eigenvalue weighted by Crippen LogP contribution is -2.32. The van der Waals surface area contributed by atoms with Gasteiger partial charge in [-0.2, -0.15) is 0 Å². The van der Waals surface area contributed by atoms with Gasteiger partial charge in [-0.25, -0.2) is 0 Å². The highest BCUT2D eigenvalue weighted by Crippen LogP contribution is 2.62. The number of hydrogen-bond donors (Lipinski definition) is 0. The Morgan fingerprint density at radius 3 is 1.88 bits per heavy atom. The molecule has 0 unspecified atom stereocenters. The van der Waals surface area contributed by atoms with E-state index < -0.39 is 5.41 Å². The Bertz CT molecular complexity index is 2400. The van der Waals surface area contributed by atoms with Crippen molar-refractivity contribution in [3.63, 3.8) is 0 Å². The molecule has 0 saturated carbocycles. The SMILES string of the molecule is c1ccc2c(c1)Oc1ccccc1C21c2ccccc2-c2cc3c4ccccc4n(-c4ccc5ccccc5c4)c3cc21. The van der Waals surface area contributed by atoms with E-state index in [1.54, 1.807) is 0 Å². The van der Waals surface area contributed by atoms with Gasteiger partial charge < -0.3 is 9.30 Å². The van der Waals surface area contributed by atoms with Crippen LogP contribution in [0.3, 0.4) is 0 Å². The number of para-hydroxylation sites is 3. The molecule has 0 N–H and O–H groups in total. The number of nitrogens with zero attached hydrogens (tertiary/aromatic N) is 1. The predicted molar refractivity (Wildman–Crippen MR) is 176 cm³/mol. The summed E-state index contributed by atoms with van der Waals surface area (Å²) >= 11 is 0. The summed E-state index contributed by atoms with van der Waals surface area (Å²) in [6, 6.07) is 55.2. The molecule has 0 atom stereocenters. The first kappa shape index (κ1) is 23.0. The Morgan fingerprint density at radius 2 is 1.07 bits per heavy atom. The fourth-order valence-electron chi connectivity index (χ4n) is 7.91. The van der Waals surface area contributed by atoms with Crippen molar-refractivity contribution in [1.82, 2.24) is 4.57 Å². The molecule has 2 nitrogen and oxygen atoms in total. The van der Waals surface area contributed by atoms with Crippen LogP contribution < -0.4 is 4.74 Å². The zero-order valence-electron chi connectivity index (χ0n) is 23.3.